The second-order valence-corrected chi connectivity index (χ2v) is 4.44. The smallest absolute Gasteiger partial charge is 0.244 e. The van der Waals surface area contributed by atoms with Gasteiger partial charge in [-0.2, -0.15) is 4.68 Å². The predicted molar refractivity (Wildman–Crippen MR) is 56.2 cm³/mol. The molecule has 5 nitrogen and oxygen atoms in total. The van der Waals surface area contributed by atoms with Crippen molar-refractivity contribution in [2.45, 2.75) is 12.1 Å². The van der Waals surface area contributed by atoms with Crippen LogP contribution in [0.25, 0.3) is 5.69 Å². The summed E-state index contributed by atoms with van der Waals surface area (Å²) in [6.45, 7) is 2.00. The third kappa shape index (κ3) is 1.94. The molecule has 1 aromatic carbocycles. The Morgan fingerprint density at radius 3 is 2.53 bits per heavy atom. The summed E-state index contributed by atoms with van der Waals surface area (Å²) in [4.78, 5) is 0. The quantitative estimate of drug-likeness (QED) is 0.750. The van der Waals surface area contributed by atoms with Crippen molar-refractivity contribution < 1.29 is 4.21 Å². The molecule has 1 atom stereocenters. The molecule has 78 valence electrons. The van der Waals surface area contributed by atoms with Gasteiger partial charge in [-0.05, 0) is 29.5 Å². The lowest BCUT2D eigenvalue weighted by molar-refractivity contribution is 0.670. The second-order valence-electron chi connectivity index (χ2n) is 3.16. The van der Waals surface area contributed by atoms with Gasteiger partial charge in [0.15, 0.2) is 0 Å². The van der Waals surface area contributed by atoms with Crippen molar-refractivity contribution in [3.8, 4) is 5.69 Å². The van der Waals surface area contributed by atoms with Crippen molar-refractivity contribution in [3.05, 3.63) is 29.8 Å². The number of aryl methyl sites for hydroxylation is 1. The zero-order valence-corrected chi connectivity index (χ0v) is 9.23. The molecule has 0 saturated carbocycles. The van der Waals surface area contributed by atoms with Gasteiger partial charge in [0.1, 0.15) is 0 Å². The fourth-order valence-corrected chi connectivity index (χ4v) is 1.74. The molecule has 0 saturated heterocycles. The third-order valence-corrected chi connectivity index (χ3v) is 2.75. The fraction of sp³-hybridized carbons (Fsp3) is 0.222. The molecule has 1 aromatic heterocycles. The van der Waals surface area contributed by atoms with Gasteiger partial charge in [-0.15, -0.1) is 0 Å². The molecule has 6 heteroatoms. The highest BCUT2D eigenvalue weighted by atomic mass is 32.2. The van der Waals surface area contributed by atoms with Gasteiger partial charge in [-0.1, -0.05) is 22.8 Å². The van der Waals surface area contributed by atoms with Crippen LogP contribution in [0.15, 0.2) is 29.4 Å². The molecule has 0 aliphatic rings. The van der Waals surface area contributed by atoms with Crippen LogP contribution in [-0.4, -0.2) is 30.7 Å². The van der Waals surface area contributed by atoms with E-state index in [4.69, 9.17) is 0 Å². The van der Waals surface area contributed by atoms with E-state index >= 15 is 0 Å². The number of aromatic nitrogens is 4. The van der Waals surface area contributed by atoms with Crippen LogP contribution in [0.2, 0.25) is 0 Å². The molecule has 0 N–H and O–H groups in total. The van der Waals surface area contributed by atoms with E-state index in [1.54, 1.807) is 6.26 Å². The van der Waals surface area contributed by atoms with Crippen LogP contribution in [0.1, 0.15) is 5.56 Å². The standard InChI is InChI=1S/C9H10N4OS/c1-7-3-5-8(6-4-7)13-9(15(2)14)10-11-12-13/h3-6H,1-2H3. The summed E-state index contributed by atoms with van der Waals surface area (Å²) in [6.07, 6.45) is 1.55. The Morgan fingerprint density at radius 2 is 1.93 bits per heavy atom. The van der Waals surface area contributed by atoms with Crippen LogP contribution in [0.3, 0.4) is 0 Å². The Bertz CT molecular complexity index is 491. The Morgan fingerprint density at radius 1 is 1.27 bits per heavy atom. The fourth-order valence-electron chi connectivity index (χ4n) is 1.21. The number of tetrazole rings is 1. The lowest BCUT2D eigenvalue weighted by Gasteiger charge is -2.02. The SMILES string of the molecule is Cc1ccc(-n2nnnc2S(C)=O)cc1. The molecule has 0 amide bonds. The lowest BCUT2D eigenvalue weighted by Crippen LogP contribution is -2.04. The molecule has 2 rings (SSSR count). The van der Waals surface area contributed by atoms with Gasteiger partial charge < -0.3 is 0 Å². The van der Waals surface area contributed by atoms with Gasteiger partial charge in [0.05, 0.1) is 16.5 Å². The summed E-state index contributed by atoms with van der Waals surface area (Å²) in [6, 6.07) is 7.70. The first-order valence-corrected chi connectivity index (χ1v) is 5.93. The zero-order chi connectivity index (χ0) is 10.8. The normalized spacial score (nSPS) is 12.7. The molecular weight excluding hydrogens is 212 g/mol. The number of rotatable bonds is 2. The number of nitrogens with zero attached hydrogens (tertiary/aromatic N) is 4. The minimum atomic E-state index is -1.19. The molecule has 0 aliphatic heterocycles. The Kier molecular flexibility index (Phi) is 2.59. The van der Waals surface area contributed by atoms with Gasteiger partial charge in [0, 0.05) is 6.26 Å². The van der Waals surface area contributed by atoms with Gasteiger partial charge >= 0.3 is 0 Å². The van der Waals surface area contributed by atoms with E-state index in [1.807, 2.05) is 31.2 Å². The minimum absolute atomic E-state index is 0.360. The van der Waals surface area contributed by atoms with E-state index in [1.165, 1.54) is 4.68 Å². The monoisotopic (exact) mass is 222 g/mol. The summed E-state index contributed by atoms with van der Waals surface area (Å²) >= 11 is 0. The summed E-state index contributed by atoms with van der Waals surface area (Å²) in [5.74, 6) is 0. The summed E-state index contributed by atoms with van der Waals surface area (Å²) in [5.41, 5.74) is 1.97. The Hall–Kier alpha value is -1.56. The van der Waals surface area contributed by atoms with Crippen molar-refractivity contribution in [1.82, 2.24) is 20.2 Å². The molecule has 2 aromatic rings. The van der Waals surface area contributed by atoms with E-state index in [-0.39, 0.29) is 0 Å². The average molecular weight is 222 g/mol. The third-order valence-electron chi connectivity index (χ3n) is 1.98. The molecule has 0 aliphatic carbocycles. The molecule has 1 unspecified atom stereocenters. The lowest BCUT2D eigenvalue weighted by atomic mass is 10.2. The van der Waals surface area contributed by atoms with Crippen LogP contribution in [-0.2, 0) is 10.8 Å². The summed E-state index contributed by atoms with van der Waals surface area (Å²) in [7, 11) is -1.19. The zero-order valence-electron chi connectivity index (χ0n) is 8.41. The van der Waals surface area contributed by atoms with Crippen LogP contribution < -0.4 is 0 Å². The molecule has 15 heavy (non-hydrogen) atoms. The van der Waals surface area contributed by atoms with Crippen LogP contribution in [0.5, 0.6) is 0 Å². The molecule has 0 fully saturated rings. The molecule has 1 heterocycles. The summed E-state index contributed by atoms with van der Waals surface area (Å²) in [5, 5.41) is 11.4. The maximum Gasteiger partial charge on any atom is 0.244 e. The molecule has 0 bridgehead atoms. The van der Waals surface area contributed by atoms with Gasteiger partial charge in [-0.3, -0.25) is 4.21 Å². The van der Waals surface area contributed by atoms with E-state index in [2.05, 4.69) is 15.5 Å². The van der Waals surface area contributed by atoms with Crippen LogP contribution in [0.4, 0.5) is 0 Å². The average Bonchev–Trinajstić information content (AvgIpc) is 2.67. The number of hydrogen-bond donors (Lipinski definition) is 0. The summed E-state index contributed by atoms with van der Waals surface area (Å²) < 4.78 is 12.8. The van der Waals surface area contributed by atoms with Crippen LogP contribution >= 0.6 is 0 Å². The van der Waals surface area contributed by atoms with E-state index < -0.39 is 10.8 Å². The van der Waals surface area contributed by atoms with E-state index in [0.717, 1.165) is 11.3 Å². The molecule has 0 spiro atoms. The van der Waals surface area contributed by atoms with E-state index in [9.17, 15) is 4.21 Å². The van der Waals surface area contributed by atoms with Crippen molar-refractivity contribution in [2.75, 3.05) is 6.26 Å². The first kappa shape index (κ1) is 9.97. The van der Waals surface area contributed by atoms with Gasteiger partial charge in [-0.25, -0.2) is 0 Å². The van der Waals surface area contributed by atoms with E-state index in [0.29, 0.717) is 5.16 Å². The first-order chi connectivity index (χ1) is 7.18. The first-order valence-electron chi connectivity index (χ1n) is 4.37. The maximum absolute atomic E-state index is 11.3. The van der Waals surface area contributed by atoms with Crippen molar-refractivity contribution >= 4 is 10.8 Å². The molecular formula is C9H10N4OS. The number of benzene rings is 1. The second kappa shape index (κ2) is 3.90. The van der Waals surface area contributed by atoms with Crippen molar-refractivity contribution in [2.24, 2.45) is 0 Å². The maximum atomic E-state index is 11.3. The predicted octanol–water partition coefficient (Wildman–Crippen LogP) is 0.708. The van der Waals surface area contributed by atoms with Crippen molar-refractivity contribution in [3.63, 3.8) is 0 Å². The minimum Gasteiger partial charge on any atom is -0.251 e. The van der Waals surface area contributed by atoms with Crippen LogP contribution in [0, 0.1) is 6.92 Å². The highest BCUT2D eigenvalue weighted by Gasteiger charge is 2.10. The molecule has 0 radical (unpaired) electrons. The highest BCUT2D eigenvalue weighted by molar-refractivity contribution is 7.84. The van der Waals surface area contributed by atoms with Gasteiger partial charge in [0.25, 0.3) is 0 Å². The largest absolute Gasteiger partial charge is 0.251 e. The highest BCUT2D eigenvalue weighted by Crippen LogP contribution is 2.10. The number of hydrogen-bond acceptors (Lipinski definition) is 4. The van der Waals surface area contributed by atoms with Gasteiger partial charge in [0.2, 0.25) is 5.16 Å². The Labute approximate surface area is 89.6 Å². The Balaban J connectivity index is 2.49. The van der Waals surface area contributed by atoms with Crippen molar-refractivity contribution in [1.29, 1.82) is 0 Å². The topological polar surface area (TPSA) is 60.7 Å².